The Balaban J connectivity index is 1.61. The van der Waals surface area contributed by atoms with E-state index in [0.29, 0.717) is 16.9 Å². The lowest BCUT2D eigenvalue weighted by Gasteiger charge is -2.47. The van der Waals surface area contributed by atoms with E-state index in [1.54, 1.807) is 0 Å². The van der Waals surface area contributed by atoms with Gasteiger partial charge >= 0.3 is 0 Å². The fraction of sp³-hybridized carbons (Fsp3) is 0.727. The average molecular weight is 329 g/mol. The smallest absolute Gasteiger partial charge is 0.0159 e. The Bertz CT molecular complexity index is 514. The van der Waals surface area contributed by atoms with E-state index in [1.165, 1.54) is 63.8 Å². The van der Waals surface area contributed by atoms with Gasteiger partial charge < -0.3 is 4.90 Å². The minimum absolute atomic E-state index is 0.294. The van der Waals surface area contributed by atoms with Crippen LogP contribution in [0.5, 0.6) is 0 Å². The SMILES string of the molecule is CCC(CC(C)(C)N1CCC2(CCN(C)C2)CC1)c1ccccc1. The molecule has 0 saturated carbocycles. The van der Waals surface area contributed by atoms with E-state index < -0.39 is 0 Å². The van der Waals surface area contributed by atoms with Crippen molar-refractivity contribution >= 4 is 0 Å². The molecule has 1 atom stereocenters. The summed E-state index contributed by atoms with van der Waals surface area (Å²) in [4.78, 5) is 5.31. The molecule has 2 aliphatic heterocycles. The van der Waals surface area contributed by atoms with Gasteiger partial charge in [-0.1, -0.05) is 37.3 Å². The molecule has 134 valence electrons. The van der Waals surface area contributed by atoms with Crippen LogP contribution in [0.1, 0.15) is 64.4 Å². The molecular weight excluding hydrogens is 292 g/mol. The zero-order valence-corrected chi connectivity index (χ0v) is 16.2. The molecule has 0 N–H and O–H groups in total. The molecule has 0 radical (unpaired) electrons. The van der Waals surface area contributed by atoms with Crippen LogP contribution in [0.4, 0.5) is 0 Å². The summed E-state index contributed by atoms with van der Waals surface area (Å²) in [6, 6.07) is 11.1. The summed E-state index contributed by atoms with van der Waals surface area (Å²) in [5, 5.41) is 0. The topological polar surface area (TPSA) is 6.48 Å². The highest BCUT2D eigenvalue weighted by molar-refractivity contribution is 5.20. The lowest BCUT2D eigenvalue weighted by atomic mass is 9.75. The van der Waals surface area contributed by atoms with Gasteiger partial charge in [-0.2, -0.15) is 0 Å². The van der Waals surface area contributed by atoms with E-state index in [4.69, 9.17) is 0 Å². The Labute approximate surface area is 149 Å². The third-order valence-corrected chi connectivity index (χ3v) is 6.82. The number of rotatable bonds is 5. The predicted molar refractivity (Wildman–Crippen MR) is 104 cm³/mol. The van der Waals surface area contributed by atoms with Crippen molar-refractivity contribution in [2.45, 2.75) is 64.3 Å². The van der Waals surface area contributed by atoms with Gasteiger partial charge in [-0.3, -0.25) is 4.90 Å². The first-order valence-corrected chi connectivity index (χ1v) is 9.93. The Hall–Kier alpha value is -0.860. The predicted octanol–water partition coefficient (Wildman–Crippen LogP) is 4.77. The fourth-order valence-corrected chi connectivity index (χ4v) is 5.11. The van der Waals surface area contributed by atoms with E-state index in [1.807, 2.05) is 0 Å². The Morgan fingerprint density at radius 2 is 1.67 bits per heavy atom. The molecule has 2 saturated heterocycles. The summed E-state index contributed by atoms with van der Waals surface area (Å²) < 4.78 is 0. The molecule has 24 heavy (non-hydrogen) atoms. The van der Waals surface area contributed by atoms with Crippen LogP contribution in [-0.4, -0.2) is 48.6 Å². The largest absolute Gasteiger partial charge is 0.306 e. The lowest BCUT2D eigenvalue weighted by Crippen LogP contribution is -2.51. The highest BCUT2D eigenvalue weighted by Crippen LogP contribution is 2.42. The van der Waals surface area contributed by atoms with E-state index >= 15 is 0 Å². The zero-order chi connectivity index (χ0) is 17.2. The van der Waals surface area contributed by atoms with Gasteiger partial charge in [-0.05, 0) is 89.5 Å². The number of nitrogens with zero attached hydrogens (tertiary/aromatic N) is 2. The maximum Gasteiger partial charge on any atom is 0.0159 e. The van der Waals surface area contributed by atoms with Gasteiger partial charge in [-0.15, -0.1) is 0 Å². The third kappa shape index (κ3) is 3.86. The molecule has 3 rings (SSSR count). The summed E-state index contributed by atoms with van der Waals surface area (Å²) in [5.74, 6) is 0.676. The third-order valence-electron chi connectivity index (χ3n) is 6.82. The number of hydrogen-bond donors (Lipinski definition) is 0. The van der Waals surface area contributed by atoms with Crippen molar-refractivity contribution in [1.29, 1.82) is 0 Å². The van der Waals surface area contributed by atoms with E-state index in [2.05, 4.69) is 68.0 Å². The highest BCUT2D eigenvalue weighted by atomic mass is 15.2. The number of benzene rings is 1. The Morgan fingerprint density at radius 3 is 2.21 bits per heavy atom. The van der Waals surface area contributed by atoms with Crippen molar-refractivity contribution in [2.75, 3.05) is 33.2 Å². The van der Waals surface area contributed by atoms with Crippen molar-refractivity contribution in [2.24, 2.45) is 5.41 Å². The molecule has 1 aromatic rings. The maximum atomic E-state index is 2.78. The minimum Gasteiger partial charge on any atom is -0.306 e. The van der Waals surface area contributed by atoms with Gasteiger partial charge in [0.25, 0.3) is 0 Å². The molecule has 1 spiro atoms. The molecule has 2 nitrogen and oxygen atoms in total. The molecule has 0 aromatic heterocycles. The fourth-order valence-electron chi connectivity index (χ4n) is 5.11. The molecule has 2 fully saturated rings. The van der Waals surface area contributed by atoms with Crippen molar-refractivity contribution in [3.63, 3.8) is 0 Å². The summed E-state index contributed by atoms with van der Waals surface area (Å²) in [7, 11) is 2.29. The molecule has 2 heterocycles. The number of piperidine rings is 1. The number of hydrogen-bond acceptors (Lipinski definition) is 2. The first-order valence-electron chi connectivity index (χ1n) is 9.93. The van der Waals surface area contributed by atoms with Crippen molar-refractivity contribution in [3.8, 4) is 0 Å². The van der Waals surface area contributed by atoms with Crippen LogP contribution < -0.4 is 0 Å². The van der Waals surface area contributed by atoms with Crippen LogP contribution in [0.25, 0.3) is 0 Å². The molecule has 2 heteroatoms. The van der Waals surface area contributed by atoms with Crippen LogP contribution >= 0.6 is 0 Å². The van der Waals surface area contributed by atoms with Crippen LogP contribution in [0, 0.1) is 5.41 Å². The van der Waals surface area contributed by atoms with Gasteiger partial charge in [0, 0.05) is 12.1 Å². The summed E-state index contributed by atoms with van der Waals surface area (Å²) in [6.07, 6.45) is 6.70. The van der Waals surface area contributed by atoms with Gasteiger partial charge in [-0.25, -0.2) is 0 Å². The standard InChI is InChI=1S/C22H36N2/c1-5-19(20-9-7-6-8-10-20)17-21(2,3)24-15-12-22(13-16-24)11-14-23(4)18-22/h6-10,19H,5,11-18H2,1-4H3. The Morgan fingerprint density at radius 1 is 1.04 bits per heavy atom. The van der Waals surface area contributed by atoms with Crippen molar-refractivity contribution < 1.29 is 0 Å². The molecule has 1 unspecified atom stereocenters. The van der Waals surface area contributed by atoms with E-state index in [0.717, 1.165) is 0 Å². The summed E-state index contributed by atoms with van der Waals surface area (Å²) in [5.41, 5.74) is 2.44. The second-order valence-corrected chi connectivity index (χ2v) is 9.01. The second-order valence-electron chi connectivity index (χ2n) is 9.01. The zero-order valence-electron chi connectivity index (χ0n) is 16.2. The van der Waals surface area contributed by atoms with Crippen molar-refractivity contribution in [1.82, 2.24) is 9.80 Å². The normalized spacial score (nSPS) is 23.7. The molecule has 0 amide bonds. The van der Waals surface area contributed by atoms with Crippen LogP contribution in [-0.2, 0) is 0 Å². The molecule has 0 bridgehead atoms. The van der Waals surface area contributed by atoms with E-state index in [-0.39, 0.29) is 0 Å². The monoisotopic (exact) mass is 328 g/mol. The van der Waals surface area contributed by atoms with Crippen LogP contribution in [0.3, 0.4) is 0 Å². The summed E-state index contributed by atoms with van der Waals surface area (Å²) >= 11 is 0. The van der Waals surface area contributed by atoms with Crippen molar-refractivity contribution in [3.05, 3.63) is 35.9 Å². The highest BCUT2D eigenvalue weighted by Gasteiger charge is 2.42. The first kappa shape index (κ1) is 17.9. The molecule has 0 aliphatic carbocycles. The lowest BCUT2D eigenvalue weighted by molar-refractivity contribution is 0.0299. The number of likely N-dealkylation sites (tertiary alicyclic amines) is 2. The Kier molecular flexibility index (Phi) is 5.36. The molecular formula is C22H36N2. The second kappa shape index (κ2) is 7.17. The van der Waals surface area contributed by atoms with Gasteiger partial charge in [0.1, 0.15) is 0 Å². The van der Waals surface area contributed by atoms with Gasteiger partial charge in [0.15, 0.2) is 0 Å². The van der Waals surface area contributed by atoms with E-state index in [9.17, 15) is 0 Å². The molecule has 1 aromatic carbocycles. The first-order chi connectivity index (χ1) is 11.4. The van der Waals surface area contributed by atoms with Crippen LogP contribution in [0.15, 0.2) is 30.3 Å². The quantitative estimate of drug-likeness (QED) is 0.768. The minimum atomic E-state index is 0.294. The van der Waals surface area contributed by atoms with Gasteiger partial charge in [0.05, 0.1) is 0 Å². The van der Waals surface area contributed by atoms with Crippen LogP contribution in [0.2, 0.25) is 0 Å². The summed E-state index contributed by atoms with van der Waals surface area (Å²) in [6.45, 7) is 12.5. The molecule has 2 aliphatic rings. The average Bonchev–Trinajstić information content (AvgIpc) is 2.94. The van der Waals surface area contributed by atoms with Gasteiger partial charge in [0.2, 0.25) is 0 Å². The maximum absolute atomic E-state index is 2.78.